The van der Waals surface area contributed by atoms with Gasteiger partial charge >= 0.3 is 0 Å². The number of likely N-dealkylation sites (tertiary alicyclic amines) is 1. The second-order valence-corrected chi connectivity index (χ2v) is 6.05. The molecule has 1 aromatic carbocycles. The molecule has 1 aliphatic rings. The van der Waals surface area contributed by atoms with Crippen molar-refractivity contribution in [1.82, 2.24) is 14.9 Å². The Labute approximate surface area is 148 Å². The lowest BCUT2D eigenvalue weighted by atomic mass is 10.2. The predicted molar refractivity (Wildman–Crippen MR) is 98.5 cm³/mol. The molecule has 0 amide bonds. The molecular formula is C18H25N5O2. The molecule has 0 bridgehead atoms. The highest BCUT2D eigenvalue weighted by Crippen LogP contribution is 2.31. The van der Waals surface area contributed by atoms with Gasteiger partial charge in [0.1, 0.15) is 5.82 Å². The number of methoxy groups -OCH3 is 1. The second kappa shape index (κ2) is 8.53. The van der Waals surface area contributed by atoms with E-state index in [4.69, 9.17) is 15.2 Å². The molecule has 0 atom stereocenters. The number of hydrogen-bond donors (Lipinski definition) is 2. The molecule has 2 aromatic rings. The third-order valence-corrected chi connectivity index (χ3v) is 4.17. The van der Waals surface area contributed by atoms with Crippen molar-refractivity contribution < 1.29 is 9.47 Å². The third kappa shape index (κ3) is 4.96. The van der Waals surface area contributed by atoms with Gasteiger partial charge in [-0.05, 0) is 50.6 Å². The highest BCUT2D eigenvalue weighted by molar-refractivity contribution is 5.60. The van der Waals surface area contributed by atoms with Gasteiger partial charge < -0.3 is 25.4 Å². The molecule has 134 valence electrons. The number of rotatable bonds is 8. The first-order chi connectivity index (χ1) is 12.2. The number of nitrogens with one attached hydrogen (secondary N) is 1. The fraction of sp³-hybridized carbons (Fsp3) is 0.444. The van der Waals surface area contributed by atoms with Crippen LogP contribution < -0.4 is 20.5 Å². The van der Waals surface area contributed by atoms with Gasteiger partial charge in [-0.3, -0.25) is 0 Å². The summed E-state index contributed by atoms with van der Waals surface area (Å²) in [5.74, 6) is 2.28. The highest BCUT2D eigenvalue weighted by Gasteiger charge is 2.11. The largest absolute Gasteiger partial charge is 0.493 e. The SMILES string of the molecule is COc1ccc(Nc2nccc(N)n2)cc1OCCCN1CCCC1. The van der Waals surface area contributed by atoms with Crippen LogP contribution in [0.15, 0.2) is 30.5 Å². The van der Waals surface area contributed by atoms with E-state index in [0.29, 0.717) is 29.9 Å². The number of nitrogens with zero attached hydrogens (tertiary/aromatic N) is 3. The molecule has 3 rings (SSSR count). The molecule has 0 unspecified atom stereocenters. The zero-order chi connectivity index (χ0) is 17.5. The monoisotopic (exact) mass is 343 g/mol. The van der Waals surface area contributed by atoms with Crippen LogP contribution in [0.2, 0.25) is 0 Å². The maximum atomic E-state index is 5.93. The molecule has 1 aliphatic heterocycles. The van der Waals surface area contributed by atoms with Crippen LogP contribution in [0, 0.1) is 0 Å². The summed E-state index contributed by atoms with van der Waals surface area (Å²) in [5, 5.41) is 3.13. The average Bonchev–Trinajstić information content (AvgIpc) is 3.12. The number of nitrogens with two attached hydrogens (primary N) is 1. The van der Waals surface area contributed by atoms with Crippen molar-refractivity contribution in [1.29, 1.82) is 0 Å². The minimum Gasteiger partial charge on any atom is -0.493 e. The van der Waals surface area contributed by atoms with Crippen LogP contribution in [0.1, 0.15) is 19.3 Å². The molecular weight excluding hydrogens is 318 g/mol. The zero-order valence-electron chi connectivity index (χ0n) is 14.6. The van der Waals surface area contributed by atoms with Crippen molar-refractivity contribution in [2.24, 2.45) is 0 Å². The molecule has 3 N–H and O–H groups in total. The fourth-order valence-electron chi connectivity index (χ4n) is 2.91. The molecule has 7 heteroatoms. The smallest absolute Gasteiger partial charge is 0.229 e. The Bertz CT molecular complexity index is 689. The first-order valence-corrected chi connectivity index (χ1v) is 8.63. The Morgan fingerprint density at radius 2 is 2.04 bits per heavy atom. The molecule has 0 aliphatic carbocycles. The lowest BCUT2D eigenvalue weighted by Crippen LogP contribution is -2.21. The van der Waals surface area contributed by atoms with Crippen molar-refractivity contribution in [2.75, 3.05) is 44.4 Å². The summed E-state index contributed by atoms with van der Waals surface area (Å²) in [4.78, 5) is 10.8. The topological polar surface area (TPSA) is 85.5 Å². The fourth-order valence-corrected chi connectivity index (χ4v) is 2.91. The Hall–Kier alpha value is -2.54. The summed E-state index contributed by atoms with van der Waals surface area (Å²) in [7, 11) is 1.64. The van der Waals surface area contributed by atoms with Crippen LogP contribution in [0.4, 0.5) is 17.5 Å². The zero-order valence-corrected chi connectivity index (χ0v) is 14.6. The van der Waals surface area contributed by atoms with E-state index < -0.39 is 0 Å². The Morgan fingerprint density at radius 3 is 2.80 bits per heavy atom. The van der Waals surface area contributed by atoms with Gasteiger partial charge in [0, 0.05) is 24.5 Å². The molecule has 0 spiro atoms. The molecule has 25 heavy (non-hydrogen) atoms. The molecule has 0 radical (unpaired) electrons. The van der Waals surface area contributed by atoms with E-state index in [1.54, 1.807) is 19.4 Å². The van der Waals surface area contributed by atoms with E-state index in [1.807, 2.05) is 18.2 Å². The van der Waals surface area contributed by atoms with Crippen molar-refractivity contribution in [2.45, 2.75) is 19.3 Å². The number of anilines is 3. The maximum absolute atomic E-state index is 5.93. The summed E-state index contributed by atoms with van der Waals surface area (Å²) in [6.07, 6.45) is 5.24. The van der Waals surface area contributed by atoms with Crippen LogP contribution in [0.3, 0.4) is 0 Å². The minimum atomic E-state index is 0.421. The molecule has 2 heterocycles. The van der Waals surface area contributed by atoms with Crippen LogP contribution in [-0.4, -0.2) is 48.2 Å². The van der Waals surface area contributed by atoms with E-state index in [9.17, 15) is 0 Å². The summed E-state index contributed by atoms with van der Waals surface area (Å²) < 4.78 is 11.3. The summed E-state index contributed by atoms with van der Waals surface area (Å²) >= 11 is 0. The van der Waals surface area contributed by atoms with Gasteiger partial charge in [-0.25, -0.2) is 4.98 Å². The Balaban J connectivity index is 1.59. The van der Waals surface area contributed by atoms with E-state index in [0.717, 1.165) is 18.7 Å². The molecule has 7 nitrogen and oxygen atoms in total. The van der Waals surface area contributed by atoms with Gasteiger partial charge in [-0.2, -0.15) is 4.98 Å². The van der Waals surface area contributed by atoms with Crippen molar-refractivity contribution in [3.8, 4) is 11.5 Å². The van der Waals surface area contributed by atoms with Crippen molar-refractivity contribution in [3.63, 3.8) is 0 Å². The van der Waals surface area contributed by atoms with Gasteiger partial charge in [0.25, 0.3) is 0 Å². The van der Waals surface area contributed by atoms with Crippen molar-refractivity contribution in [3.05, 3.63) is 30.5 Å². The minimum absolute atomic E-state index is 0.421. The summed E-state index contributed by atoms with van der Waals surface area (Å²) in [6.45, 7) is 4.16. The van der Waals surface area contributed by atoms with Gasteiger partial charge in [-0.15, -0.1) is 0 Å². The van der Waals surface area contributed by atoms with Crippen LogP contribution in [0.5, 0.6) is 11.5 Å². The quantitative estimate of drug-likeness (QED) is 0.713. The van der Waals surface area contributed by atoms with Gasteiger partial charge in [0.2, 0.25) is 5.95 Å². The maximum Gasteiger partial charge on any atom is 0.229 e. The van der Waals surface area contributed by atoms with Crippen LogP contribution in [0.25, 0.3) is 0 Å². The standard InChI is InChI=1S/C18H25N5O2/c1-24-15-6-5-14(21-18-20-8-7-17(19)22-18)13-16(15)25-12-4-11-23-9-2-3-10-23/h5-8,13H,2-4,9-12H2,1H3,(H3,19,20,21,22). The number of nitrogen functional groups attached to an aromatic ring is 1. The predicted octanol–water partition coefficient (Wildman–Crippen LogP) is 2.68. The van der Waals surface area contributed by atoms with Gasteiger partial charge in [0.15, 0.2) is 11.5 Å². The van der Waals surface area contributed by atoms with E-state index in [-0.39, 0.29) is 0 Å². The van der Waals surface area contributed by atoms with Crippen molar-refractivity contribution >= 4 is 17.5 Å². The Kier molecular flexibility index (Phi) is 5.90. The Morgan fingerprint density at radius 1 is 1.20 bits per heavy atom. The number of aromatic nitrogens is 2. The lowest BCUT2D eigenvalue weighted by molar-refractivity contribution is 0.254. The average molecular weight is 343 g/mol. The molecule has 1 fully saturated rings. The lowest BCUT2D eigenvalue weighted by Gasteiger charge is -2.16. The normalized spacial score (nSPS) is 14.4. The number of benzene rings is 1. The van der Waals surface area contributed by atoms with E-state index >= 15 is 0 Å². The van der Waals surface area contributed by atoms with E-state index in [2.05, 4.69) is 20.2 Å². The second-order valence-electron chi connectivity index (χ2n) is 6.05. The first-order valence-electron chi connectivity index (χ1n) is 8.63. The van der Waals surface area contributed by atoms with E-state index in [1.165, 1.54) is 25.9 Å². The molecule has 0 saturated carbocycles. The molecule has 1 aromatic heterocycles. The van der Waals surface area contributed by atoms with Crippen LogP contribution in [-0.2, 0) is 0 Å². The summed E-state index contributed by atoms with van der Waals surface area (Å²) in [5.41, 5.74) is 6.50. The van der Waals surface area contributed by atoms with Gasteiger partial charge in [-0.1, -0.05) is 0 Å². The number of hydrogen-bond acceptors (Lipinski definition) is 7. The third-order valence-electron chi connectivity index (χ3n) is 4.17. The number of ether oxygens (including phenoxy) is 2. The molecule has 1 saturated heterocycles. The van der Waals surface area contributed by atoms with Gasteiger partial charge in [0.05, 0.1) is 13.7 Å². The first kappa shape index (κ1) is 17.3. The van der Waals surface area contributed by atoms with Crippen LogP contribution >= 0.6 is 0 Å². The highest BCUT2D eigenvalue weighted by atomic mass is 16.5. The summed E-state index contributed by atoms with van der Waals surface area (Å²) in [6, 6.07) is 7.29.